The molecule has 1 unspecified atom stereocenters. The smallest absolute Gasteiger partial charge is 0.367 e. The van der Waals surface area contributed by atoms with Gasteiger partial charge in [-0.25, -0.2) is 9.59 Å². The number of non-ortho nitro benzene ring substituents is 1. The molecule has 0 radical (unpaired) electrons. The first-order valence-corrected chi connectivity index (χ1v) is 13.9. The topological polar surface area (TPSA) is 240 Å². The third-order valence-electron chi connectivity index (χ3n) is 6.31. The monoisotopic (exact) mass is 617 g/mol. The summed E-state index contributed by atoms with van der Waals surface area (Å²) in [6.45, 7) is -0.640. The SMILES string of the molecule is O=C(O)Cn1nc2ccc(SCC3=C(C(=O)O)N4C(=O)C(NC(=O)[C@H](O)c5ccc([N+](=O)[O-])cc5)[C@H]4SC3)nn2c1=O. The molecule has 4 heterocycles. The average molecular weight is 618 g/mol. The Kier molecular flexibility index (Phi) is 7.71. The molecule has 1 saturated heterocycles. The second-order valence-electron chi connectivity index (χ2n) is 8.97. The van der Waals surface area contributed by atoms with Crippen LogP contribution in [0.3, 0.4) is 0 Å². The Hall–Kier alpha value is -4.75. The molecule has 0 bridgehead atoms. The number of carboxylic acids is 2. The zero-order chi connectivity index (χ0) is 30.3. The third kappa shape index (κ3) is 5.31. The fourth-order valence-corrected chi connectivity index (χ4v) is 6.66. The summed E-state index contributed by atoms with van der Waals surface area (Å²) in [5.74, 6) is -3.92. The number of amides is 2. The standard InChI is InChI=1S/C23H19N7O10S2/c31-15(32)7-27-23(38)29-13(25-27)5-6-14(26-29)41-8-11-9-42-21-16(20(35)28(21)17(11)22(36)37)24-19(34)18(33)10-1-3-12(4-2-10)30(39)40/h1-6,16,18,21,33H,7-9H2,(H,24,34)(H,31,32)(H,36,37)/t16?,18-,21-/m1/s1. The van der Waals surface area contributed by atoms with E-state index in [9.17, 15) is 44.3 Å². The van der Waals surface area contributed by atoms with Crippen LogP contribution in [0, 0.1) is 10.1 Å². The summed E-state index contributed by atoms with van der Waals surface area (Å²) < 4.78 is 1.68. The van der Waals surface area contributed by atoms with Crippen LogP contribution in [0.4, 0.5) is 5.69 Å². The quantitative estimate of drug-likeness (QED) is 0.0966. The van der Waals surface area contributed by atoms with E-state index in [0.29, 0.717) is 10.6 Å². The van der Waals surface area contributed by atoms with Crippen molar-refractivity contribution < 1.29 is 39.4 Å². The van der Waals surface area contributed by atoms with E-state index in [1.165, 1.54) is 36.0 Å². The number of benzene rings is 1. The Morgan fingerprint density at radius 2 is 1.86 bits per heavy atom. The van der Waals surface area contributed by atoms with Gasteiger partial charge in [0.1, 0.15) is 28.7 Å². The van der Waals surface area contributed by atoms with Crippen LogP contribution >= 0.6 is 23.5 Å². The largest absolute Gasteiger partial charge is 0.480 e. The number of nitro groups is 1. The lowest BCUT2D eigenvalue weighted by molar-refractivity contribution is -0.384. The summed E-state index contributed by atoms with van der Waals surface area (Å²) in [5.41, 5.74) is -0.626. The minimum atomic E-state index is -1.71. The highest BCUT2D eigenvalue weighted by molar-refractivity contribution is 8.01. The van der Waals surface area contributed by atoms with Crippen LogP contribution in [-0.2, 0) is 25.7 Å². The lowest BCUT2D eigenvalue weighted by atomic mass is 10.0. The lowest BCUT2D eigenvalue weighted by Gasteiger charge is -2.49. The number of nitrogens with zero attached hydrogens (tertiary/aromatic N) is 6. The highest BCUT2D eigenvalue weighted by Crippen LogP contribution is 2.41. The number of fused-ring (bicyclic) bond motifs is 2. The number of rotatable bonds is 10. The Morgan fingerprint density at radius 3 is 2.50 bits per heavy atom. The molecule has 17 nitrogen and oxygen atoms in total. The summed E-state index contributed by atoms with van der Waals surface area (Å²) in [4.78, 5) is 72.3. The number of nitrogens with one attached hydrogen (secondary N) is 1. The molecule has 0 spiro atoms. The molecule has 2 aliphatic rings. The highest BCUT2D eigenvalue weighted by Gasteiger charge is 2.54. The maximum Gasteiger partial charge on any atom is 0.367 e. The van der Waals surface area contributed by atoms with E-state index in [-0.39, 0.29) is 34.1 Å². The van der Waals surface area contributed by atoms with Crippen molar-refractivity contribution in [1.82, 2.24) is 29.6 Å². The summed E-state index contributed by atoms with van der Waals surface area (Å²) in [6, 6.07) is 6.58. The van der Waals surface area contributed by atoms with Crippen LogP contribution in [0.2, 0.25) is 0 Å². The Labute approximate surface area is 241 Å². The Bertz CT molecular complexity index is 1740. The number of thioether (sulfide) groups is 2. The van der Waals surface area contributed by atoms with Gasteiger partial charge in [0.25, 0.3) is 17.5 Å². The van der Waals surface area contributed by atoms with Crippen LogP contribution in [0.1, 0.15) is 11.7 Å². The summed E-state index contributed by atoms with van der Waals surface area (Å²) in [5, 5.41) is 50.1. The first kappa shape index (κ1) is 28.8. The van der Waals surface area contributed by atoms with Crippen molar-refractivity contribution in [3.05, 3.63) is 73.8 Å². The number of aliphatic hydroxyl groups is 1. The molecule has 3 aromatic rings. The van der Waals surface area contributed by atoms with E-state index >= 15 is 0 Å². The first-order valence-electron chi connectivity index (χ1n) is 11.9. The maximum absolute atomic E-state index is 12.9. The van der Waals surface area contributed by atoms with Crippen LogP contribution in [0.15, 0.2) is 57.5 Å². The van der Waals surface area contributed by atoms with Crippen LogP contribution in [-0.4, -0.2) is 91.2 Å². The van der Waals surface area contributed by atoms with Gasteiger partial charge < -0.3 is 20.6 Å². The number of β-lactam (4-membered cyclic amide) rings is 1. The summed E-state index contributed by atoms with van der Waals surface area (Å²) in [6.07, 6.45) is -1.71. The third-order valence-corrected chi connectivity index (χ3v) is 8.66. The summed E-state index contributed by atoms with van der Waals surface area (Å²) in [7, 11) is 0. The lowest BCUT2D eigenvalue weighted by Crippen LogP contribution is -2.70. The van der Waals surface area contributed by atoms with Gasteiger partial charge in [0, 0.05) is 23.6 Å². The molecule has 218 valence electrons. The second-order valence-corrected chi connectivity index (χ2v) is 11.1. The van der Waals surface area contributed by atoms with Gasteiger partial charge >= 0.3 is 17.6 Å². The van der Waals surface area contributed by atoms with Gasteiger partial charge in [-0.1, -0.05) is 0 Å². The van der Waals surface area contributed by atoms with Crippen molar-refractivity contribution in [3.63, 3.8) is 0 Å². The zero-order valence-corrected chi connectivity index (χ0v) is 22.6. The first-order chi connectivity index (χ1) is 20.0. The molecular formula is C23H19N7O10S2. The van der Waals surface area contributed by atoms with E-state index in [1.807, 2.05) is 0 Å². The fraction of sp³-hybridized carbons (Fsp3) is 0.261. The van der Waals surface area contributed by atoms with Crippen LogP contribution < -0.4 is 11.0 Å². The number of hydrogen-bond acceptors (Lipinski definition) is 12. The van der Waals surface area contributed by atoms with Gasteiger partial charge in [0.2, 0.25) is 0 Å². The minimum absolute atomic E-state index is 0.0757. The highest BCUT2D eigenvalue weighted by atomic mass is 32.2. The molecule has 2 amide bonds. The molecule has 0 aliphatic carbocycles. The number of aliphatic hydroxyl groups excluding tert-OH is 1. The van der Waals surface area contributed by atoms with Crippen molar-refractivity contribution in [2.45, 2.75) is 29.1 Å². The number of aromatic nitrogens is 4. The molecule has 3 atom stereocenters. The van der Waals surface area contributed by atoms with Crippen LogP contribution in [0.25, 0.3) is 5.65 Å². The number of hydrogen-bond donors (Lipinski definition) is 4. The maximum atomic E-state index is 12.9. The van der Waals surface area contributed by atoms with E-state index < -0.39 is 58.4 Å². The van der Waals surface area contributed by atoms with E-state index in [2.05, 4.69) is 15.5 Å². The normalized spacial score (nSPS) is 18.8. The fourth-order valence-electron chi connectivity index (χ4n) is 4.32. The molecule has 42 heavy (non-hydrogen) atoms. The molecule has 1 fully saturated rings. The van der Waals surface area contributed by atoms with Crippen molar-refractivity contribution in [2.75, 3.05) is 11.5 Å². The van der Waals surface area contributed by atoms with Gasteiger partial charge in [-0.3, -0.25) is 29.4 Å². The van der Waals surface area contributed by atoms with Crippen molar-refractivity contribution in [2.24, 2.45) is 0 Å². The van der Waals surface area contributed by atoms with E-state index in [0.717, 1.165) is 38.0 Å². The molecule has 4 N–H and O–H groups in total. The van der Waals surface area contributed by atoms with Gasteiger partial charge in [-0.15, -0.1) is 28.6 Å². The predicted octanol–water partition coefficient (Wildman–Crippen LogP) is -0.552. The zero-order valence-electron chi connectivity index (χ0n) is 21.0. The molecule has 5 rings (SSSR count). The number of carbonyl (C=O) groups excluding carboxylic acids is 2. The molecule has 2 aliphatic heterocycles. The minimum Gasteiger partial charge on any atom is -0.480 e. The molecule has 0 saturated carbocycles. The number of aliphatic carboxylic acids is 2. The van der Waals surface area contributed by atoms with Gasteiger partial charge in [0.05, 0.1) is 4.92 Å². The van der Waals surface area contributed by atoms with Crippen molar-refractivity contribution in [1.29, 1.82) is 0 Å². The van der Waals surface area contributed by atoms with Gasteiger partial charge in [-0.05, 0) is 35.4 Å². The molecule has 2 aromatic heterocycles. The summed E-state index contributed by atoms with van der Waals surface area (Å²) >= 11 is 2.31. The second kappa shape index (κ2) is 11.3. The number of carbonyl (C=O) groups is 4. The predicted molar refractivity (Wildman–Crippen MR) is 143 cm³/mol. The van der Waals surface area contributed by atoms with Crippen LogP contribution in [0.5, 0.6) is 0 Å². The van der Waals surface area contributed by atoms with Gasteiger partial charge in [-0.2, -0.15) is 14.3 Å². The molecular weight excluding hydrogens is 598 g/mol. The number of nitro benzene ring substituents is 1. The number of carboxylic acid groups (broad SMARTS) is 2. The molecule has 19 heteroatoms. The van der Waals surface area contributed by atoms with Crippen molar-refractivity contribution >= 4 is 58.6 Å². The molecule has 1 aromatic carbocycles. The van der Waals surface area contributed by atoms with E-state index in [4.69, 9.17) is 5.11 Å². The Morgan fingerprint density at radius 1 is 1.14 bits per heavy atom. The van der Waals surface area contributed by atoms with E-state index in [1.54, 1.807) is 0 Å². The van der Waals surface area contributed by atoms with Crippen molar-refractivity contribution in [3.8, 4) is 0 Å². The van der Waals surface area contributed by atoms with Gasteiger partial charge in [0.15, 0.2) is 11.8 Å². The average Bonchev–Trinajstić information content (AvgIpc) is 3.26. The Balaban J connectivity index is 1.27.